The van der Waals surface area contributed by atoms with Crippen LogP contribution in [0.5, 0.6) is 0 Å². The van der Waals surface area contributed by atoms with Crippen LogP contribution in [0.4, 0.5) is 0 Å². The van der Waals surface area contributed by atoms with E-state index in [-0.39, 0.29) is 0 Å². The molecule has 20 heavy (non-hydrogen) atoms. The third-order valence-corrected chi connectivity index (χ3v) is 5.95. The average Bonchev–Trinajstić information content (AvgIpc) is 2.53. The van der Waals surface area contributed by atoms with Crippen LogP contribution < -0.4 is 0 Å². The lowest BCUT2D eigenvalue weighted by molar-refractivity contribution is 1.35. The van der Waals surface area contributed by atoms with Crippen LogP contribution in [0.25, 0.3) is 0 Å². The number of hydrogen-bond donors (Lipinski definition) is 2. The number of rotatable bonds is 7. The molecule has 0 bridgehead atoms. The fourth-order valence-electron chi connectivity index (χ4n) is 1.70. The molecule has 0 heterocycles. The predicted octanol–water partition coefficient (Wildman–Crippen LogP) is 5.63. The van der Waals surface area contributed by atoms with Gasteiger partial charge in [-0.05, 0) is 22.3 Å². The quantitative estimate of drug-likeness (QED) is 0.381. The zero-order chi connectivity index (χ0) is 14.2. The second kappa shape index (κ2) is 8.98. The van der Waals surface area contributed by atoms with E-state index in [1.807, 2.05) is 21.6 Å². The Balaban J connectivity index is 1.72. The molecule has 0 aliphatic rings. The lowest BCUT2D eigenvalue weighted by Crippen LogP contribution is -1.83. The van der Waals surface area contributed by atoms with E-state index in [0.717, 1.165) is 23.0 Å². The summed E-state index contributed by atoms with van der Waals surface area (Å²) in [6.07, 6.45) is 0. The van der Waals surface area contributed by atoms with Crippen LogP contribution in [0, 0.1) is 0 Å². The van der Waals surface area contributed by atoms with E-state index in [0.29, 0.717) is 0 Å². The lowest BCUT2D eigenvalue weighted by Gasteiger charge is -2.04. The molecule has 0 aliphatic carbocycles. The van der Waals surface area contributed by atoms with Gasteiger partial charge in [-0.25, -0.2) is 0 Å². The summed E-state index contributed by atoms with van der Waals surface area (Å²) in [6.45, 7) is 0. The highest BCUT2D eigenvalue weighted by atomic mass is 33.1. The number of benzene rings is 2. The van der Waals surface area contributed by atoms with Gasteiger partial charge in [0, 0.05) is 23.0 Å². The molecule has 0 aromatic heterocycles. The Hall–Kier alpha value is -0.160. The molecule has 2 rings (SSSR count). The van der Waals surface area contributed by atoms with Gasteiger partial charge in [-0.1, -0.05) is 70.1 Å². The fraction of sp³-hybridized carbons (Fsp3) is 0.250. The van der Waals surface area contributed by atoms with Crippen molar-refractivity contribution in [1.82, 2.24) is 0 Å². The van der Waals surface area contributed by atoms with Crippen LogP contribution in [-0.4, -0.2) is 0 Å². The molecule has 4 heteroatoms. The fourth-order valence-corrected chi connectivity index (χ4v) is 4.26. The summed E-state index contributed by atoms with van der Waals surface area (Å²) in [7, 11) is 3.81. The summed E-state index contributed by atoms with van der Waals surface area (Å²) >= 11 is 8.54. The van der Waals surface area contributed by atoms with Crippen molar-refractivity contribution >= 4 is 46.8 Å². The molecule has 0 saturated heterocycles. The van der Waals surface area contributed by atoms with Crippen molar-refractivity contribution in [3.63, 3.8) is 0 Å². The van der Waals surface area contributed by atoms with Crippen LogP contribution in [0.2, 0.25) is 0 Å². The summed E-state index contributed by atoms with van der Waals surface area (Å²) in [6, 6.07) is 17.4. The number of hydrogen-bond acceptors (Lipinski definition) is 4. The van der Waals surface area contributed by atoms with Gasteiger partial charge in [0.15, 0.2) is 0 Å². The first kappa shape index (κ1) is 16.2. The molecule has 0 aliphatic heterocycles. The van der Waals surface area contributed by atoms with Gasteiger partial charge in [0.2, 0.25) is 0 Å². The van der Waals surface area contributed by atoms with Crippen molar-refractivity contribution in [2.45, 2.75) is 23.0 Å². The largest absolute Gasteiger partial charge is 0.175 e. The standard InChI is InChI=1S/C16H18S4/c17-9-13-1-5-15(6-2-13)11-19-20-12-16-7-3-14(10-18)4-8-16/h1-8,17-18H,9-12H2. The predicted molar refractivity (Wildman–Crippen MR) is 101 cm³/mol. The van der Waals surface area contributed by atoms with Gasteiger partial charge in [0.25, 0.3) is 0 Å². The van der Waals surface area contributed by atoms with E-state index in [9.17, 15) is 0 Å². The van der Waals surface area contributed by atoms with Crippen molar-refractivity contribution < 1.29 is 0 Å². The summed E-state index contributed by atoms with van der Waals surface area (Å²) in [4.78, 5) is 0. The Bertz CT molecular complexity index is 456. The van der Waals surface area contributed by atoms with E-state index in [1.54, 1.807) is 0 Å². The second-order valence-electron chi connectivity index (χ2n) is 4.47. The molecule has 0 N–H and O–H groups in total. The maximum absolute atomic E-state index is 4.27. The minimum absolute atomic E-state index is 0.810. The first-order valence-electron chi connectivity index (χ1n) is 6.43. The molecular formula is C16H18S4. The van der Waals surface area contributed by atoms with Gasteiger partial charge in [0.1, 0.15) is 0 Å². The Morgan fingerprint density at radius 2 is 0.850 bits per heavy atom. The highest BCUT2D eigenvalue weighted by Gasteiger charge is 1.98. The normalized spacial score (nSPS) is 10.7. The zero-order valence-electron chi connectivity index (χ0n) is 11.2. The first-order chi connectivity index (χ1) is 9.81. The summed E-state index contributed by atoms with van der Waals surface area (Å²) in [5.74, 6) is 3.72. The van der Waals surface area contributed by atoms with Crippen molar-refractivity contribution in [2.24, 2.45) is 0 Å². The monoisotopic (exact) mass is 338 g/mol. The Kier molecular flexibility index (Phi) is 7.28. The van der Waals surface area contributed by atoms with Gasteiger partial charge in [-0.3, -0.25) is 0 Å². The van der Waals surface area contributed by atoms with Crippen LogP contribution >= 0.6 is 46.8 Å². The van der Waals surface area contributed by atoms with Crippen LogP contribution in [0.15, 0.2) is 48.5 Å². The first-order valence-corrected chi connectivity index (χ1v) is 10.2. The van der Waals surface area contributed by atoms with Crippen LogP contribution in [0.3, 0.4) is 0 Å². The Morgan fingerprint density at radius 1 is 0.550 bits per heavy atom. The topological polar surface area (TPSA) is 0 Å². The molecule has 106 valence electrons. The maximum atomic E-state index is 4.27. The minimum atomic E-state index is 0.810. The van der Waals surface area contributed by atoms with Gasteiger partial charge in [0.05, 0.1) is 0 Å². The average molecular weight is 339 g/mol. The number of thiol groups is 2. The molecule has 0 fully saturated rings. The molecule has 0 radical (unpaired) electrons. The molecule has 0 saturated carbocycles. The SMILES string of the molecule is SCc1ccc(CSSCc2ccc(CS)cc2)cc1. The highest BCUT2D eigenvalue weighted by molar-refractivity contribution is 8.76. The summed E-state index contributed by atoms with van der Waals surface area (Å²) in [5, 5.41) is 0. The maximum Gasteiger partial charge on any atom is 0.0288 e. The molecule has 0 nitrogen and oxygen atoms in total. The van der Waals surface area contributed by atoms with Crippen LogP contribution in [0.1, 0.15) is 22.3 Å². The van der Waals surface area contributed by atoms with E-state index in [2.05, 4.69) is 73.8 Å². The molecule has 0 unspecified atom stereocenters. The summed E-state index contributed by atoms with van der Waals surface area (Å²) < 4.78 is 0. The van der Waals surface area contributed by atoms with Gasteiger partial charge in [-0.15, -0.1) is 0 Å². The zero-order valence-corrected chi connectivity index (χ0v) is 14.6. The van der Waals surface area contributed by atoms with E-state index >= 15 is 0 Å². The second-order valence-corrected chi connectivity index (χ2v) is 7.57. The molecule has 0 spiro atoms. The molecule has 0 amide bonds. The smallest absolute Gasteiger partial charge is 0.0288 e. The third-order valence-electron chi connectivity index (χ3n) is 2.95. The van der Waals surface area contributed by atoms with Crippen LogP contribution in [-0.2, 0) is 23.0 Å². The molecule has 2 aromatic rings. The van der Waals surface area contributed by atoms with Gasteiger partial charge >= 0.3 is 0 Å². The third kappa shape index (κ3) is 5.32. The van der Waals surface area contributed by atoms with Crippen molar-refractivity contribution in [3.05, 3.63) is 70.8 Å². The highest BCUT2D eigenvalue weighted by Crippen LogP contribution is 2.29. The van der Waals surface area contributed by atoms with Gasteiger partial charge in [-0.2, -0.15) is 25.3 Å². The van der Waals surface area contributed by atoms with Crippen molar-refractivity contribution in [1.29, 1.82) is 0 Å². The lowest BCUT2D eigenvalue weighted by atomic mass is 10.2. The molecule has 0 atom stereocenters. The van der Waals surface area contributed by atoms with E-state index < -0.39 is 0 Å². The van der Waals surface area contributed by atoms with E-state index in [1.165, 1.54) is 22.3 Å². The van der Waals surface area contributed by atoms with Gasteiger partial charge < -0.3 is 0 Å². The minimum Gasteiger partial charge on any atom is -0.175 e. The Morgan fingerprint density at radius 3 is 1.15 bits per heavy atom. The van der Waals surface area contributed by atoms with E-state index in [4.69, 9.17) is 0 Å². The summed E-state index contributed by atoms with van der Waals surface area (Å²) in [5.41, 5.74) is 5.30. The van der Waals surface area contributed by atoms with Crippen molar-refractivity contribution in [3.8, 4) is 0 Å². The molecule has 2 aromatic carbocycles. The molecular weight excluding hydrogens is 320 g/mol. The Labute approximate surface area is 140 Å². The van der Waals surface area contributed by atoms with Crippen molar-refractivity contribution in [2.75, 3.05) is 0 Å².